The fourth-order valence-electron chi connectivity index (χ4n) is 4.58. The molecule has 2 N–H and O–H groups in total. The molecule has 2 bridgehead atoms. The summed E-state index contributed by atoms with van der Waals surface area (Å²) in [5.41, 5.74) is 0. The highest BCUT2D eigenvalue weighted by atomic mass is 16.4. The number of carbonyl (C=O) groups excluding carboxylic acids is 1. The molecule has 0 radical (unpaired) electrons. The Morgan fingerprint density at radius 2 is 1.76 bits per heavy atom. The number of allylic oxidation sites excluding steroid dienone is 2. The number of aliphatic carboxylic acids is 1. The molecule has 4 heteroatoms. The van der Waals surface area contributed by atoms with Crippen LogP contribution in [-0.4, -0.2) is 23.0 Å². The molecule has 0 aliphatic heterocycles. The summed E-state index contributed by atoms with van der Waals surface area (Å²) < 4.78 is 0. The molecule has 0 aromatic rings. The van der Waals surface area contributed by atoms with Gasteiger partial charge in [0.05, 0.1) is 11.8 Å². The van der Waals surface area contributed by atoms with E-state index >= 15 is 0 Å². The molecule has 0 aromatic carbocycles. The summed E-state index contributed by atoms with van der Waals surface area (Å²) >= 11 is 0. The van der Waals surface area contributed by atoms with Crippen LogP contribution >= 0.6 is 0 Å². The Kier molecular flexibility index (Phi) is 3.80. The van der Waals surface area contributed by atoms with Gasteiger partial charge < -0.3 is 10.4 Å². The summed E-state index contributed by atoms with van der Waals surface area (Å²) in [6.07, 6.45) is 8.24. The maximum Gasteiger partial charge on any atom is 0.307 e. The first-order chi connectivity index (χ1) is 9.99. The van der Waals surface area contributed by atoms with Gasteiger partial charge in [0.15, 0.2) is 0 Å². The summed E-state index contributed by atoms with van der Waals surface area (Å²) in [6, 6.07) is 0.207. The smallest absolute Gasteiger partial charge is 0.307 e. The lowest BCUT2D eigenvalue weighted by Crippen LogP contribution is -2.48. The fraction of sp³-hybridized carbons (Fsp3) is 0.765. The van der Waals surface area contributed by atoms with Crippen LogP contribution in [-0.2, 0) is 9.59 Å². The van der Waals surface area contributed by atoms with Gasteiger partial charge in [-0.1, -0.05) is 38.8 Å². The zero-order valence-corrected chi connectivity index (χ0v) is 12.8. The summed E-state index contributed by atoms with van der Waals surface area (Å²) in [6.45, 7) is 4.44. The molecule has 0 saturated heterocycles. The summed E-state index contributed by atoms with van der Waals surface area (Å²) in [5.74, 6) is -0.502. The van der Waals surface area contributed by atoms with Gasteiger partial charge in [-0.3, -0.25) is 9.59 Å². The van der Waals surface area contributed by atoms with E-state index < -0.39 is 11.9 Å². The summed E-state index contributed by atoms with van der Waals surface area (Å²) in [5, 5.41) is 12.6. The molecule has 0 heterocycles. The van der Waals surface area contributed by atoms with Crippen LogP contribution in [0.4, 0.5) is 0 Å². The topological polar surface area (TPSA) is 66.4 Å². The molecular weight excluding hydrogens is 266 g/mol. The third-order valence-corrected chi connectivity index (χ3v) is 6.08. The highest BCUT2D eigenvalue weighted by molar-refractivity contribution is 5.87. The maximum atomic E-state index is 12.7. The van der Waals surface area contributed by atoms with E-state index in [2.05, 4.69) is 19.2 Å². The molecular formula is C17H25NO3. The Morgan fingerprint density at radius 3 is 2.43 bits per heavy atom. The predicted molar refractivity (Wildman–Crippen MR) is 79.5 cm³/mol. The van der Waals surface area contributed by atoms with E-state index in [-0.39, 0.29) is 29.7 Å². The van der Waals surface area contributed by atoms with E-state index in [9.17, 15) is 14.7 Å². The first-order valence-electron chi connectivity index (χ1n) is 8.20. The van der Waals surface area contributed by atoms with Crippen molar-refractivity contribution in [2.24, 2.45) is 35.5 Å². The van der Waals surface area contributed by atoms with Gasteiger partial charge in [0.1, 0.15) is 0 Å². The first kappa shape index (κ1) is 14.6. The van der Waals surface area contributed by atoms with Crippen LogP contribution in [0.3, 0.4) is 0 Å². The Bertz CT molecular complexity index is 473. The molecule has 5 unspecified atom stereocenters. The number of carboxylic acid groups (broad SMARTS) is 1. The van der Waals surface area contributed by atoms with E-state index in [0.717, 1.165) is 19.3 Å². The van der Waals surface area contributed by atoms with Gasteiger partial charge in [0.2, 0.25) is 5.91 Å². The van der Waals surface area contributed by atoms with Crippen molar-refractivity contribution in [3.63, 3.8) is 0 Å². The second-order valence-electron chi connectivity index (χ2n) is 7.22. The zero-order chi connectivity index (χ0) is 15.1. The van der Waals surface area contributed by atoms with E-state index in [4.69, 9.17) is 0 Å². The van der Waals surface area contributed by atoms with E-state index in [1.807, 2.05) is 12.2 Å². The number of nitrogens with one attached hydrogen (secondary N) is 1. The van der Waals surface area contributed by atoms with Gasteiger partial charge in [-0.15, -0.1) is 0 Å². The lowest BCUT2D eigenvalue weighted by atomic mass is 9.77. The van der Waals surface area contributed by atoms with Gasteiger partial charge in [-0.25, -0.2) is 0 Å². The molecule has 4 nitrogen and oxygen atoms in total. The molecule has 3 aliphatic rings. The second kappa shape index (κ2) is 5.47. The summed E-state index contributed by atoms with van der Waals surface area (Å²) in [4.78, 5) is 24.2. The molecule has 0 aromatic heterocycles. The average molecular weight is 291 g/mol. The molecule has 2 saturated carbocycles. The second-order valence-corrected chi connectivity index (χ2v) is 7.22. The molecule has 0 spiro atoms. The monoisotopic (exact) mass is 291 g/mol. The molecule has 21 heavy (non-hydrogen) atoms. The highest BCUT2D eigenvalue weighted by Crippen LogP contribution is 2.48. The van der Waals surface area contributed by atoms with Crippen LogP contribution in [0.1, 0.15) is 39.5 Å². The van der Waals surface area contributed by atoms with Gasteiger partial charge in [0, 0.05) is 6.04 Å². The normalized spacial score (nSPS) is 44.8. The van der Waals surface area contributed by atoms with E-state index in [0.29, 0.717) is 11.8 Å². The SMILES string of the molecule is CC1CCCC(NC(=O)[C@H]2C3C=CC(C3)[C@H]2C(=O)O)C1C. The van der Waals surface area contributed by atoms with Crippen molar-refractivity contribution in [3.8, 4) is 0 Å². The van der Waals surface area contributed by atoms with Crippen molar-refractivity contribution in [1.82, 2.24) is 5.32 Å². The number of hydrogen-bond acceptors (Lipinski definition) is 2. The van der Waals surface area contributed by atoms with Gasteiger partial charge in [-0.2, -0.15) is 0 Å². The van der Waals surface area contributed by atoms with E-state index in [1.54, 1.807) is 0 Å². The first-order valence-corrected chi connectivity index (χ1v) is 8.20. The number of rotatable bonds is 3. The molecule has 3 aliphatic carbocycles. The van der Waals surface area contributed by atoms with E-state index in [1.165, 1.54) is 6.42 Å². The van der Waals surface area contributed by atoms with Crippen molar-refractivity contribution >= 4 is 11.9 Å². The fourth-order valence-corrected chi connectivity index (χ4v) is 4.58. The van der Waals surface area contributed by atoms with Crippen molar-refractivity contribution in [2.45, 2.75) is 45.6 Å². The lowest BCUT2D eigenvalue weighted by Gasteiger charge is -2.36. The third-order valence-electron chi connectivity index (χ3n) is 6.08. The summed E-state index contributed by atoms with van der Waals surface area (Å²) in [7, 11) is 0. The van der Waals surface area contributed by atoms with Crippen LogP contribution in [0.15, 0.2) is 12.2 Å². The number of amides is 1. The molecule has 116 valence electrons. The van der Waals surface area contributed by atoms with Crippen molar-refractivity contribution < 1.29 is 14.7 Å². The van der Waals surface area contributed by atoms with Crippen LogP contribution in [0.2, 0.25) is 0 Å². The van der Waals surface area contributed by atoms with Gasteiger partial charge in [0.25, 0.3) is 0 Å². The van der Waals surface area contributed by atoms with Crippen LogP contribution < -0.4 is 5.32 Å². The molecule has 2 fully saturated rings. The lowest BCUT2D eigenvalue weighted by molar-refractivity contribution is -0.148. The largest absolute Gasteiger partial charge is 0.481 e. The van der Waals surface area contributed by atoms with Gasteiger partial charge >= 0.3 is 5.97 Å². The molecule has 7 atom stereocenters. The minimum Gasteiger partial charge on any atom is -0.481 e. The van der Waals surface area contributed by atoms with Crippen LogP contribution in [0, 0.1) is 35.5 Å². The van der Waals surface area contributed by atoms with Crippen molar-refractivity contribution in [3.05, 3.63) is 12.2 Å². The van der Waals surface area contributed by atoms with Crippen LogP contribution in [0.25, 0.3) is 0 Å². The van der Waals surface area contributed by atoms with Crippen molar-refractivity contribution in [1.29, 1.82) is 0 Å². The maximum absolute atomic E-state index is 12.7. The number of carboxylic acids is 1. The van der Waals surface area contributed by atoms with Gasteiger partial charge in [-0.05, 0) is 36.5 Å². The van der Waals surface area contributed by atoms with Crippen molar-refractivity contribution in [2.75, 3.05) is 0 Å². The Morgan fingerprint density at radius 1 is 1.10 bits per heavy atom. The quantitative estimate of drug-likeness (QED) is 0.785. The standard InChI is InChI=1S/C17H25NO3/c1-9-4-3-5-13(10(9)2)18-16(19)14-11-6-7-12(8-11)15(14)17(20)21/h6-7,9-15H,3-5,8H2,1-2H3,(H,18,19)(H,20,21)/t9?,10?,11?,12?,13?,14-,15+/m0/s1. The molecule has 1 amide bonds. The number of carbonyl (C=O) groups is 2. The Balaban J connectivity index is 1.70. The number of fused-ring (bicyclic) bond motifs is 2. The number of hydrogen-bond donors (Lipinski definition) is 2. The Labute approximate surface area is 126 Å². The third kappa shape index (κ3) is 2.49. The predicted octanol–water partition coefficient (Wildman–Crippen LogP) is 2.45. The average Bonchev–Trinajstić information content (AvgIpc) is 3.04. The minimum atomic E-state index is -0.822. The minimum absolute atomic E-state index is 0.0369. The van der Waals surface area contributed by atoms with Crippen LogP contribution in [0.5, 0.6) is 0 Å². The highest BCUT2D eigenvalue weighted by Gasteiger charge is 2.52. The zero-order valence-electron chi connectivity index (χ0n) is 12.8. The Hall–Kier alpha value is -1.32. The molecule has 3 rings (SSSR count).